The molecule has 2 rings (SSSR count). The summed E-state index contributed by atoms with van der Waals surface area (Å²) in [5.41, 5.74) is 0.366. The third kappa shape index (κ3) is 0.540. The van der Waals surface area contributed by atoms with Crippen molar-refractivity contribution in [1.82, 2.24) is 15.2 Å². The van der Waals surface area contributed by atoms with Crippen LogP contribution in [0, 0.1) is 0 Å². The number of nitrogens with zero attached hydrogens (tertiary/aromatic N) is 2. The molecule has 0 atom stereocenters. The number of hydrogen-bond donors (Lipinski definition) is 1. The number of aromatic nitrogens is 3. The Labute approximate surface area is 54.7 Å². The summed E-state index contributed by atoms with van der Waals surface area (Å²) in [6.07, 6.45) is 2.36. The molecule has 2 aromatic rings. The van der Waals surface area contributed by atoms with Crippen molar-refractivity contribution in [3.05, 3.63) is 22.8 Å². The summed E-state index contributed by atoms with van der Waals surface area (Å²) in [6.45, 7) is 0. The van der Waals surface area contributed by atoms with E-state index in [0.29, 0.717) is 5.71 Å². The van der Waals surface area contributed by atoms with Crippen LogP contribution in [-0.4, -0.2) is 15.2 Å². The maximum Gasteiger partial charge on any atom is 0.245 e. The van der Waals surface area contributed by atoms with E-state index in [0.717, 1.165) is 6.20 Å². The zero-order valence-electron chi connectivity index (χ0n) is 4.87. The third-order valence-corrected chi connectivity index (χ3v) is 1.15. The third-order valence-electron chi connectivity index (χ3n) is 1.15. The molecular formula is C5H3N3O2. The molecule has 0 aliphatic heterocycles. The number of rotatable bonds is 0. The molecule has 0 fully saturated rings. The SMILES string of the molecule is O=c1cn[nH]c2ocnc12. The molecule has 0 unspecified atom stereocenters. The lowest BCUT2D eigenvalue weighted by atomic mass is 10.5. The van der Waals surface area contributed by atoms with Crippen LogP contribution in [0.4, 0.5) is 0 Å². The molecule has 0 aromatic carbocycles. The number of H-pyrrole nitrogens is 1. The summed E-state index contributed by atoms with van der Waals surface area (Å²) < 4.78 is 4.77. The minimum Gasteiger partial charge on any atom is -0.425 e. The first-order valence-electron chi connectivity index (χ1n) is 2.65. The Morgan fingerprint density at radius 3 is 3.30 bits per heavy atom. The Kier molecular flexibility index (Phi) is 0.858. The lowest BCUT2D eigenvalue weighted by molar-refractivity contribution is 0.585. The van der Waals surface area contributed by atoms with Gasteiger partial charge in [-0.3, -0.25) is 4.79 Å². The van der Waals surface area contributed by atoms with Crippen LogP contribution in [0.2, 0.25) is 0 Å². The molecule has 0 aliphatic rings. The van der Waals surface area contributed by atoms with E-state index >= 15 is 0 Å². The molecule has 0 bridgehead atoms. The van der Waals surface area contributed by atoms with E-state index in [1.165, 1.54) is 6.39 Å². The number of nitrogens with one attached hydrogen (secondary N) is 1. The minimum atomic E-state index is -0.234. The van der Waals surface area contributed by atoms with Gasteiger partial charge in [0.05, 0.1) is 6.20 Å². The molecule has 50 valence electrons. The van der Waals surface area contributed by atoms with Gasteiger partial charge in [0.25, 0.3) is 0 Å². The second-order valence-corrected chi connectivity index (χ2v) is 1.76. The molecule has 1 N–H and O–H groups in total. The molecule has 0 radical (unpaired) electrons. The second-order valence-electron chi connectivity index (χ2n) is 1.76. The standard InChI is InChI=1S/C5H3N3O2/c9-3-1-7-8-5-4(3)6-2-10-5/h1-2H,(H,8,9). The first-order chi connectivity index (χ1) is 4.88. The molecule has 2 aromatic heterocycles. The predicted octanol–water partition coefficient (Wildman–Crippen LogP) is -0.0889. The van der Waals surface area contributed by atoms with Gasteiger partial charge in [0.1, 0.15) is 0 Å². The number of fused-ring (bicyclic) bond motifs is 1. The van der Waals surface area contributed by atoms with Gasteiger partial charge in [-0.1, -0.05) is 0 Å². The molecular weight excluding hydrogens is 134 g/mol. The largest absolute Gasteiger partial charge is 0.425 e. The van der Waals surface area contributed by atoms with E-state index in [-0.39, 0.29) is 10.9 Å². The summed E-state index contributed by atoms with van der Waals surface area (Å²) in [5, 5.41) is 6.01. The monoisotopic (exact) mass is 137 g/mol. The summed E-state index contributed by atoms with van der Waals surface area (Å²) >= 11 is 0. The van der Waals surface area contributed by atoms with Gasteiger partial charge < -0.3 is 4.42 Å². The highest BCUT2D eigenvalue weighted by molar-refractivity contribution is 5.65. The average Bonchev–Trinajstić information content (AvgIpc) is 2.36. The van der Waals surface area contributed by atoms with Gasteiger partial charge in [-0.15, -0.1) is 0 Å². The van der Waals surface area contributed by atoms with Crippen molar-refractivity contribution in [3.8, 4) is 0 Å². The molecule has 0 saturated carbocycles. The smallest absolute Gasteiger partial charge is 0.245 e. The highest BCUT2D eigenvalue weighted by Gasteiger charge is 2.00. The summed E-state index contributed by atoms with van der Waals surface area (Å²) in [7, 11) is 0. The summed E-state index contributed by atoms with van der Waals surface area (Å²) in [6, 6.07) is 0. The molecule has 5 heteroatoms. The van der Waals surface area contributed by atoms with E-state index in [9.17, 15) is 4.79 Å². The van der Waals surface area contributed by atoms with Gasteiger partial charge in [0.15, 0.2) is 11.9 Å². The fourth-order valence-corrected chi connectivity index (χ4v) is 0.712. The van der Waals surface area contributed by atoms with E-state index in [1.807, 2.05) is 0 Å². The fraction of sp³-hybridized carbons (Fsp3) is 0. The first-order valence-corrected chi connectivity index (χ1v) is 2.65. The fourth-order valence-electron chi connectivity index (χ4n) is 0.712. The highest BCUT2D eigenvalue weighted by Crippen LogP contribution is 1.99. The zero-order valence-corrected chi connectivity index (χ0v) is 4.87. The van der Waals surface area contributed by atoms with Crippen molar-refractivity contribution >= 4 is 11.2 Å². The maximum absolute atomic E-state index is 10.8. The molecule has 0 aliphatic carbocycles. The zero-order chi connectivity index (χ0) is 6.97. The van der Waals surface area contributed by atoms with Crippen molar-refractivity contribution in [2.24, 2.45) is 0 Å². The number of hydrogen-bond acceptors (Lipinski definition) is 4. The van der Waals surface area contributed by atoms with Crippen molar-refractivity contribution in [3.63, 3.8) is 0 Å². The van der Waals surface area contributed by atoms with Crippen LogP contribution in [-0.2, 0) is 0 Å². The van der Waals surface area contributed by atoms with E-state index in [1.54, 1.807) is 0 Å². The van der Waals surface area contributed by atoms with E-state index in [4.69, 9.17) is 4.42 Å². The number of aromatic amines is 1. The highest BCUT2D eigenvalue weighted by atomic mass is 16.3. The second kappa shape index (κ2) is 1.66. The average molecular weight is 137 g/mol. The molecule has 0 amide bonds. The normalized spacial score (nSPS) is 10.4. The van der Waals surface area contributed by atoms with E-state index in [2.05, 4.69) is 15.2 Å². The molecule has 5 nitrogen and oxygen atoms in total. The quantitative estimate of drug-likeness (QED) is 0.550. The van der Waals surface area contributed by atoms with Gasteiger partial charge in [-0.25, -0.2) is 10.1 Å². The van der Waals surface area contributed by atoms with Crippen LogP contribution in [0.3, 0.4) is 0 Å². The van der Waals surface area contributed by atoms with E-state index < -0.39 is 0 Å². The Hall–Kier alpha value is -1.65. The van der Waals surface area contributed by atoms with Gasteiger partial charge >= 0.3 is 0 Å². The predicted molar refractivity (Wildman–Crippen MR) is 32.4 cm³/mol. The number of oxazole rings is 1. The Balaban J connectivity index is 3.09. The lowest BCUT2D eigenvalue weighted by Crippen LogP contribution is -2.01. The van der Waals surface area contributed by atoms with Crippen molar-refractivity contribution in [1.29, 1.82) is 0 Å². The van der Waals surface area contributed by atoms with Gasteiger partial charge in [0, 0.05) is 0 Å². The minimum absolute atomic E-state index is 0.234. The maximum atomic E-state index is 10.8. The van der Waals surface area contributed by atoms with Crippen LogP contribution in [0.25, 0.3) is 11.2 Å². The van der Waals surface area contributed by atoms with Gasteiger partial charge in [-0.2, -0.15) is 5.10 Å². The van der Waals surface area contributed by atoms with Crippen LogP contribution >= 0.6 is 0 Å². The van der Waals surface area contributed by atoms with Crippen LogP contribution < -0.4 is 5.43 Å². The first kappa shape index (κ1) is 5.16. The van der Waals surface area contributed by atoms with Gasteiger partial charge in [-0.05, 0) is 0 Å². The topological polar surface area (TPSA) is 71.8 Å². The van der Waals surface area contributed by atoms with Crippen molar-refractivity contribution in [2.45, 2.75) is 0 Å². The van der Waals surface area contributed by atoms with Crippen LogP contribution in [0.5, 0.6) is 0 Å². The molecule has 2 heterocycles. The molecule has 10 heavy (non-hydrogen) atoms. The van der Waals surface area contributed by atoms with Crippen LogP contribution in [0.15, 0.2) is 21.8 Å². The Morgan fingerprint density at radius 2 is 2.50 bits per heavy atom. The Morgan fingerprint density at radius 1 is 1.60 bits per heavy atom. The van der Waals surface area contributed by atoms with Crippen molar-refractivity contribution in [2.75, 3.05) is 0 Å². The lowest BCUT2D eigenvalue weighted by Gasteiger charge is -1.80. The Bertz CT molecular complexity index is 402. The van der Waals surface area contributed by atoms with Crippen LogP contribution in [0.1, 0.15) is 0 Å². The summed E-state index contributed by atoms with van der Waals surface area (Å²) in [4.78, 5) is 14.5. The summed E-state index contributed by atoms with van der Waals surface area (Å²) in [5.74, 6) is 0. The molecule has 0 spiro atoms. The molecule has 0 saturated heterocycles. The van der Waals surface area contributed by atoms with Gasteiger partial charge in [0.2, 0.25) is 11.1 Å². The van der Waals surface area contributed by atoms with Crippen molar-refractivity contribution < 1.29 is 4.42 Å².